The number of carboxylic acid groups (broad SMARTS) is 1. The monoisotopic (exact) mass is 418 g/mol. The molecule has 1 unspecified atom stereocenters. The van der Waals surface area contributed by atoms with Crippen molar-refractivity contribution in [1.29, 1.82) is 0 Å². The maximum atomic E-state index is 12.4. The molecule has 0 saturated carbocycles. The van der Waals surface area contributed by atoms with E-state index >= 15 is 0 Å². The highest BCUT2D eigenvalue weighted by atomic mass is 35.5. The Kier molecular flexibility index (Phi) is 4.87. The molecule has 0 spiro atoms. The first-order chi connectivity index (χ1) is 14.6. The number of amides is 1. The molecule has 30 heavy (non-hydrogen) atoms. The van der Waals surface area contributed by atoms with Crippen molar-refractivity contribution in [3.63, 3.8) is 0 Å². The smallest absolute Gasteiger partial charge is 0.408 e. The van der Waals surface area contributed by atoms with E-state index in [2.05, 4.69) is 23.5 Å². The van der Waals surface area contributed by atoms with Crippen molar-refractivity contribution in [2.45, 2.75) is 31.0 Å². The Bertz CT molecular complexity index is 1050. The summed E-state index contributed by atoms with van der Waals surface area (Å²) < 4.78 is 0. The maximum absolute atomic E-state index is 12.4. The minimum Gasteiger partial charge on any atom is -0.465 e. The van der Waals surface area contributed by atoms with Gasteiger partial charge in [0.25, 0.3) is 0 Å². The molecule has 1 fully saturated rings. The molecule has 1 saturated heterocycles. The molecule has 5 heteroatoms. The first kappa shape index (κ1) is 19.0. The van der Waals surface area contributed by atoms with E-state index in [9.17, 15) is 9.90 Å². The van der Waals surface area contributed by atoms with Gasteiger partial charge in [-0.25, -0.2) is 4.79 Å². The lowest BCUT2D eigenvalue weighted by molar-refractivity contribution is 0.115. The number of halogens is 1. The highest BCUT2D eigenvalue weighted by Crippen LogP contribution is 2.53. The van der Waals surface area contributed by atoms with Crippen LogP contribution in [0, 0.1) is 5.92 Å². The number of benzene rings is 3. The van der Waals surface area contributed by atoms with Gasteiger partial charge in [0.1, 0.15) is 0 Å². The Labute approximate surface area is 181 Å². The second kappa shape index (κ2) is 7.69. The Morgan fingerprint density at radius 2 is 1.70 bits per heavy atom. The molecule has 152 valence electrons. The van der Waals surface area contributed by atoms with Crippen LogP contribution in [0.3, 0.4) is 0 Å². The molecule has 2 N–H and O–H groups in total. The lowest BCUT2D eigenvalue weighted by Gasteiger charge is -2.39. The average Bonchev–Trinajstić information content (AvgIpc) is 3.14. The van der Waals surface area contributed by atoms with Crippen molar-refractivity contribution in [3.8, 4) is 0 Å². The van der Waals surface area contributed by atoms with E-state index in [1.54, 1.807) is 4.90 Å². The van der Waals surface area contributed by atoms with Crippen molar-refractivity contribution in [3.05, 3.63) is 101 Å². The van der Waals surface area contributed by atoms with Gasteiger partial charge in [0.15, 0.2) is 0 Å². The van der Waals surface area contributed by atoms with E-state index in [-0.39, 0.29) is 24.0 Å². The van der Waals surface area contributed by atoms with Gasteiger partial charge in [0, 0.05) is 22.7 Å². The van der Waals surface area contributed by atoms with Crippen LogP contribution in [0.1, 0.15) is 35.2 Å². The summed E-state index contributed by atoms with van der Waals surface area (Å²) in [6.07, 6.45) is 0.672. The third kappa shape index (κ3) is 3.31. The molecule has 3 aromatic rings. The highest BCUT2D eigenvalue weighted by Gasteiger charge is 2.50. The second-order valence-electron chi connectivity index (χ2n) is 8.14. The van der Waals surface area contributed by atoms with Crippen molar-refractivity contribution >= 4 is 23.4 Å². The zero-order valence-electron chi connectivity index (χ0n) is 16.4. The number of nitrogens with zero attached hydrogens (tertiary/aromatic N) is 1. The van der Waals surface area contributed by atoms with Gasteiger partial charge < -0.3 is 10.4 Å². The maximum Gasteiger partial charge on any atom is 0.408 e. The van der Waals surface area contributed by atoms with Gasteiger partial charge in [-0.15, -0.1) is 0 Å². The summed E-state index contributed by atoms with van der Waals surface area (Å²) in [7, 11) is 0. The molecule has 3 aromatic carbocycles. The standard InChI is InChI=1S/C25H23ClN2O2/c26-18-12-10-17(11-13-18)23-21-15-19(14-16-6-2-1-3-7-16)28(25(29)30)24(21)20-8-4-5-9-22(20)27-23/h1-13,19,21,23-24,27H,14-15H2,(H,29,30)/t19?,21-,23+,24+/m1/s1. The number of hydrogen-bond donors (Lipinski definition) is 2. The SMILES string of the molecule is O=C(O)N1C(Cc2ccccc2)C[C@@H]2[C@H](c3ccc(Cl)cc3)Nc3ccccc3[C@@H]21. The molecule has 1 amide bonds. The van der Waals surface area contributed by atoms with Crippen LogP contribution in [0.5, 0.6) is 0 Å². The van der Waals surface area contributed by atoms with Crippen LogP contribution in [0.15, 0.2) is 78.9 Å². The largest absolute Gasteiger partial charge is 0.465 e. The number of nitrogens with one attached hydrogen (secondary N) is 1. The zero-order chi connectivity index (χ0) is 20.7. The van der Waals surface area contributed by atoms with Gasteiger partial charge in [-0.1, -0.05) is 72.3 Å². The van der Waals surface area contributed by atoms with Gasteiger partial charge in [-0.05, 0) is 47.7 Å². The number of hydrogen-bond acceptors (Lipinski definition) is 2. The van der Waals surface area contributed by atoms with Crippen molar-refractivity contribution < 1.29 is 9.90 Å². The summed E-state index contributed by atoms with van der Waals surface area (Å²) in [6.45, 7) is 0. The van der Waals surface area contributed by atoms with Crippen LogP contribution in [0.4, 0.5) is 10.5 Å². The fourth-order valence-electron chi connectivity index (χ4n) is 5.19. The molecule has 0 radical (unpaired) electrons. The fourth-order valence-corrected chi connectivity index (χ4v) is 5.32. The van der Waals surface area contributed by atoms with E-state index < -0.39 is 6.09 Å². The van der Waals surface area contributed by atoms with E-state index in [1.165, 1.54) is 0 Å². The molecule has 2 aliphatic rings. The van der Waals surface area contributed by atoms with Crippen LogP contribution in [-0.4, -0.2) is 22.1 Å². The third-order valence-electron chi connectivity index (χ3n) is 6.43. The Morgan fingerprint density at radius 1 is 1.00 bits per heavy atom. The molecule has 4 nitrogen and oxygen atoms in total. The topological polar surface area (TPSA) is 52.6 Å². The van der Waals surface area contributed by atoms with E-state index in [4.69, 9.17) is 11.6 Å². The van der Waals surface area contributed by atoms with Crippen molar-refractivity contribution in [2.24, 2.45) is 5.92 Å². The third-order valence-corrected chi connectivity index (χ3v) is 6.68. The second-order valence-corrected chi connectivity index (χ2v) is 8.58. The lowest BCUT2D eigenvalue weighted by Crippen LogP contribution is -2.40. The van der Waals surface area contributed by atoms with Gasteiger partial charge in [-0.3, -0.25) is 4.90 Å². The molecule has 0 aromatic heterocycles. The summed E-state index contributed by atoms with van der Waals surface area (Å²) in [4.78, 5) is 14.1. The predicted molar refractivity (Wildman–Crippen MR) is 119 cm³/mol. The van der Waals surface area contributed by atoms with Crippen LogP contribution in [-0.2, 0) is 6.42 Å². The predicted octanol–water partition coefficient (Wildman–Crippen LogP) is 6.16. The Morgan fingerprint density at radius 3 is 2.43 bits per heavy atom. The number of carbonyl (C=O) groups is 1. The minimum atomic E-state index is -0.852. The number of rotatable bonds is 3. The summed E-state index contributed by atoms with van der Waals surface area (Å²) >= 11 is 6.11. The Hall–Kier alpha value is -2.98. The van der Waals surface area contributed by atoms with E-state index in [0.717, 1.165) is 35.2 Å². The zero-order valence-corrected chi connectivity index (χ0v) is 17.2. The van der Waals surface area contributed by atoms with Crippen molar-refractivity contribution in [2.75, 3.05) is 5.32 Å². The first-order valence-electron chi connectivity index (χ1n) is 10.3. The molecular formula is C25H23ClN2O2. The van der Waals surface area contributed by atoms with Crippen molar-refractivity contribution in [1.82, 2.24) is 4.90 Å². The summed E-state index contributed by atoms with van der Waals surface area (Å²) in [5.74, 6) is 0.144. The number of para-hydroxylation sites is 1. The minimum absolute atomic E-state index is 0.0322. The molecule has 4 atom stereocenters. The highest BCUT2D eigenvalue weighted by molar-refractivity contribution is 6.30. The number of fused-ring (bicyclic) bond motifs is 3. The Balaban J connectivity index is 1.57. The first-order valence-corrected chi connectivity index (χ1v) is 10.7. The number of anilines is 1. The summed E-state index contributed by atoms with van der Waals surface area (Å²) in [5, 5.41) is 14.6. The van der Waals surface area contributed by atoms with Crippen LogP contribution >= 0.6 is 11.6 Å². The van der Waals surface area contributed by atoms with E-state index in [1.807, 2.05) is 60.7 Å². The molecule has 0 aliphatic carbocycles. The van der Waals surface area contributed by atoms with Crippen LogP contribution < -0.4 is 5.32 Å². The fraction of sp³-hybridized carbons (Fsp3) is 0.240. The molecule has 2 heterocycles. The molecule has 2 aliphatic heterocycles. The summed E-state index contributed by atoms with van der Waals surface area (Å²) in [6, 6.07) is 25.9. The average molecular weight is 419 g/mol. The quantitative estimate of drug-likeness (QED) is 0.535. The molecule has 5 rings (SSSR count). The number of likely N-dealkylation sites (tertiary alicyclic amines) is 1. The van der Waals surface area contributed by atoms with Crippen LogP contribution in [0.2, 0.25) is 5.02 Å². The summed E-state index contributed by atoms with van der Waals surface area (Å²) in [5.41, 5.74) is 4.36. The van der Waals surface area contributed by atoms with Gasteiger partial charge >= 0.3 is 6.09 Å². The lowest BCUT2D eigenvalue weighted by atomic mass is 9.79. The van der Waals surface area contributed by atoms with Gasteiger partial charge in [0.05, 0.1) is 12.1 Å². The molecule has 0 bridgehead atoms. The van der Waals surface area contributed by atoms with Gasteiger partial charge in [-0.2, -0.15) is 0 Å². The normalized spacial score (nSPS) is 24.6. The molecular weight excluding hydrogens is 396 g/mol. The van der Waals surface area contributed by atoms with Crippen LogP contribution in [0.25, 0.3) is 0 Å². The van der Waals surface area contributed by atoms with Gasteiger partial charge in [0.2, 0.25) is 0 Å². The van der Waals surface area contributed by atoms with E-state index in [0.29, 0.717) is 5.02 Å².